The Labute approximate surface area is 275 Å². The molecular formula is C36H40FN3O4S2. The molecule has 10 heteroatoms. The number of benzene rings is 4. The average molecular weight is 662 g/mol. The number of halogens is 1. The first kappa shape index (κ1) is 34.7. The van der Waals surface area contributed by atoms with Gasteiger partial charge < -0.3 is 10.2 Å². The molecule has 0 heterocycles. The number of thioether (sulfide) groups is 1. The van der Waals surface area contributed by atoms with Crippen molar-refractivity contribution in [3.63, 3.8) is 0 Å². The largest absolute Gasteiger partial charge is 0.352 e. The van der Waals surface area contributed by atoms with Gasteiger partial charge in [0.15, 0.2) is 0 Å². The molecule has 7 nitrogen and oxygen atoms in total. The van der Waals surface area contributed by atoms with Crippen molar-refractivity contribution in [1.82, 2.24) is 10.2 Å². The summed E-state index contributed by atoms with van der Waals surface area (Å²) in [5.41, 5.74) is 2.22. The fourth-order valence-corrected chi connectivity index (χ4v) is 6.74. The monoisotopic (exact) mass is 661 g/mol. The number of sulfonamides is 1. The van der Waals surface area contributed by atoms with Crippen LogP contribution < -0.4 is 9.62 Å². The normalized spacial score (nSPS) is 12.6. The van der Waals surface area contributed by atoms with Gasteiger partial charge in [-0.25, -0.2) is 12.8 Å². The van der Waals surface area contributed by atoms with E-state index >= 15 is 4.39 Å². The molecule has 4 aromatic carbocycles. The first-order valence-corrected chi connectivity index (χ1v) is 17.8. The van der Waals surface area contributed by atoms with Crippen LogP contribution in [-0.2, 0) is 32.6 Å². The molecule has 4 rings (SSSR count). The van der Waals surface area contributed by atoms with Gasteiger partial charge in [-0.05, 0) is 74.6 Å². The maximum absolute atomic E-state index is 15.1. The molecule has 0 unspecified atom stereocenters. The number of hydrogen-bond acceptors (Lipinski definition) is 5. The van der Waals surface area contributed by atoms with Crippen molar-refractivity contribution in [1.29, 1.82) is 0 Å². The van der Waals surface area contributed by atoms with Crippen LogP contribution in [0.1, 0.15) is 37.0 Å². The number of aryl methyl sites for hydroxylation is 1. The summed E-state index contributed by atoms with van der Waals surface area (Å²) in [6.07, 6.45) is 2.71. The van der Waals surface area contributed by atoms with Crippen molar-refractivity contribution in [2.75, 3.05) is 17.1 Å². The summed E-state index contributed by atoms with van der Waals surface area (Å²) in [5.74, 6) is -1.58. The van der Waals surface area contributed by atoms with Crippen molar-refractivity contribution in [3.05, 3.63) is 126 Å². The average Bonchev–Trinajstić information content (AvgIpc) is 3.06. The second-order valence-electron chi connectivity index (χ2n) is 11.2. The highest BCUT2D eigenvalue weighted by Crippen LogP contribution is 2.27. The lowest BCUT2D eigenvalue weighted by Gasteiger charge is -2.34. The molecule has 242 valence electrons. The predicted octanol–water partition coefficient (Wildman–Crippen LogP) is 6.61. The Bertz CT molecular complexity index is 1720. The molecule has 0 bridgehead atoms. The lowest BCUT2D eigenvalue weighted by atomic mass is 10.0. The zero-order valence-corrected chi connectivity index (χ0v) is 28.2. The second kappa shape index (κ2) is 15.9. The van der Waals surface area contributed by atoms with E-state index in [1.54, 1.807) is 54.6 Å². The van der Waals surface area contributed by atoms with E-state index < -0.39 is 40.2 Å². The molecule has 46 heavy (non-hydrogen) atoms. The van der Waals surface area contributed by atoms with Crippen LogP contribution in [-0.4, -0.2) is 50.0 Å². The van der Waals surface area contributed by atoms with Gasteiger partial charge in [-0.1, -0.05) is 73.2 Å². The maximum atomic E-state index is 15.1. The van der Waals surface area contributed by atoms with E-state index in [1.807, 2.05) is 57.4 Å². The van der Waals surface area contributed by atoms with Crippen LogP contribution >= 0.6 is 11.8 Å². The zero-order chi connectivity index (χ0) is 33.3. The van der Waals surface area contributed by atoms with E-state index in [0.717, 1.165) is 20.3 Å². The summed E-state index contributed by atoms with van der Waals surface area (Å²) in [6, 6.07) is 27.4. The number of hydrogen-bond donors (Lipinski definition) is 1. The lowest BCUT2D eigenvalue weighted by molar-refractivity contribution is -0.140. The Hall–Kier alpha value is -4.15. The third-order valence-corrected chi connectivity index (χ3v) is 10.4. The molecule has 0 aliphatic heterocycles. The predicted molar refractivity (Wildman–Crippen MR) is 183 cm³/mol. The molecule has 0 spiro atoms. The molecule has 0 aliphatic rings. The zero-order valence-electron chi connectivity index (χ0n) is 26.5. The third kappa shape index (κ3) is 8.76. The molecule has 0 radical (unpaired) electrons. The van der Waals surface area contributed by atoms with Crippen molar-refractivity contribution >= 4 is 39.3 Å². The van der Waals surface area contributed by atoms with Gasteiger partial charge in [0.25, 0.3) is 10.0 Å². The smallest absolute Gasteiger partial charge is 0.264 e. The summed E-state index contributed by atoms with van der Waals surface area (Å²) in [6.45, 7) is 4.85. The molecule has 1 N–H and O–H groups in total. The summed E-state index contributed by atoms with van der Waals surface area (Å²) in [7, 11) is -4.23. The molecule has 0 saturated carbocycles. The lowest BCUT2D eigenvalue weighted by Crippen LogP contribution is -2.54. The van der Waals surface area contributed by atoms with Crippen molar-refractivity contribution < 1.29 is 22.4 Å². The van der Waals surface area contributed by atoms with Crippen molar-refractivity contribution in [2.45, 2.75) is 62.0 Å². The van der Waals surface area contributed by atoms with Crippen LogP contribution in [0.5, 0.6) is 0 Å². The topological polar surface area (TPSA) is 86.8 Å². The Morgan fingerprint density at radius 2 is 1.52 bits per heavy atom. The van der Waals surface area contributed by atoms with Gasteiger partial charge in [0.05, 0.1) is 10.6 Å². The number of rotatable bonds is 14. The molecule has 4 aromatic rings. The molecule has 2 amide bonds. The highest BCUT2D eigenvalue weighted by atomic mass is 32.2. The maximum Gasteiger partial charge on any atom is 0.264 e. The number of nitrogens with zero attached hydrogens (tertiary/aromatic N) is 2. The van der Waals surface area contributed by atoms with Gasteiger partial charge >= 0.3 is 0 Å². The molecular weight excluding hydrogens is 622 g/mol. The highest BCUT2D eigenvalue weighted by molar-refractivity contribution is 7.98. The van der Waals surface area contributed by atoms with Gasteiger partial charge in [-0.2, -0.15) is 0 Å². The quantitative estimate of drug-likeness (QED) is 0.154. The van der Waals surface area contributed by atoms with Crippen LogP contribution in [0.2, 0.25) is 0 Å². The molecule has 0 aromatic heterocycles. The Balaban J connectivity index is 1.81. The van der Waals surface area contributed by atoms with E-state index in [0.29, 0.717) is 12.1 Å². The van der Waals surface area contributed by atoms with Gasteiger partial charge in [-0.15, -0.1) is 11.8 Å². The van der Waals surface area contributed by atoms with Gasteiger partial charge in [0.2, 0.25) is 11.8 Å². The fraction of sp³-hybridized carbons (Fsp3) is 0.278. The molecule has 0 fully saturated rings. The Morgan fingerprint density at radius 1 is 0.891 bits per heavy atom. The van der Waals surface area contributed by atoms with Crippen molar-refractivity contribution in [3.8, 4) is 0 Å². The van der Waals surface area contributed by atoms with E-state index in [-0.39, 0.29) is 29.5 Å². The summed E-state index contributed by atoms with van der Waals surface area (Å²) >= 11 is 1.49. The fourth-order valence-electron chi connectivity index (χ4n) is 4.92. The Morgan fingerprint density at radius 3 is 2.13 bits per heavy atom. The summed E-state index contributed by atoms with van der Waals surface area (Å²) < 4.78 is 44.5. The number of amides is 2. The van der Waals surface area contributed by atoms with E-state index in [9.17, 15) is 18.0 Å². The van der Waals surface area contributed by atoms with Crippen LogP contribution in [0, 0.1) is 12.7 Å². The van der Waals surface area contributed by atoms with E-state index in [4.69, 9.17) is 0 Å². The van der Waals surface area contributed by atoms with E-state index in [1.165, 1.54) is 34.9 Å². The first-order chi connectivity index (χ1) is 22.0. The standard InChI is InChI=1S/C36H40FN3O4S2/c1-5-27(3)38-36(42)34(23-28-11-7-6-8-12-28)39(24-29-13-9-10-14-33(29)37)35(41)25-40(30-17-15-26(2)16-18-30)46(43,44)32-21-19-31(45-4)20-22-32/h6-22,27,34H,5,23-25H2,1-4H3,(H,38,42)/t27-,34-/m1/s1. The molecule has 0 aliphatic carbocycles. The van der Waals surface area contributed by atoms with Gasteiger partial charge in [0.1, 0.15) is 18.4 Å². The van der Waals surface area contributed by atoms with Gasteiger partial charge in [0, 0.05) is 29.5 Å². The number of nitrogens with one attached hydrogen (secondary N) is 1. The summed E-state index contributed by atoms with van der Waals surface area (Å²) in [4.78, 5) is 30.6. The number of carbonyl (C=O) groups excluding carboxylic acids is 2. The van der Waals surface area contributed by atoms with Crippen LogP contribution in [0.15, 0.2) is 113 Å². The summed E-state index contributed by atoms with van der Waals surface area (Å²) in [5, 5.41) is 2.98. The third-order valence-electron chi connectivity index (χ3n) is 7.82. The molecule has 0 saturated heterocycles. The van der Waals surface area contributed by atoms with Crippen LogP contribution in [0.4, 0.5) is 10.1 Å². The minimum absolute atomic E-state index is 0.0229. The van der Waals surface area contributed by atoms with E-state index in [2.05, 4.69) is 5.32 Å². The second-order valence-corrected chi connectivity index (χ2v) is 13.9. The Kier molecular flexibility index (Phi) is 12.0. The van der Waals surface area contributed by atoms with Crippen LogP contribution in [0.25, 0.3) is 0 Å². The molecule has 2 atom stereocenters. The number of carbonyl (C=O) groups is 2. The SMILES string of the molecule is CC[C@@H](C)NC(=O)[C@@H](Cc1ccccc1)N(Cc1ccccc1F)C(=O)CN(c1ccc(C)cc1)S(=O)(=O)c1ccc(SC)cc1. The van der Waals surface area contributed by atoms with Crippen molar-refractivity contribution in [2.24, 2.45) is 0 Å². The highest BCUT2D eigenvalue weighted by Gasteiger charge is 2.35. The first-order valence-electron chi connectivity index (χ1n) is 15.1. The number of anilines is 1. The minimum Gasteiger partial charge on any atom is -0.352 e. The van der Waals surface area contributed by atoms with Gasteiger partial charge in [-0.3, -0.25) is 13.9 Å². The van der Waals surface area contributed by atoms with Crippen LogP contribution in [0.3, 0.4) is 0 Å². The minimum atomic E-state index is -4.23.